The van der Waals surface area contributed by atoms with Gasteiger partial charge < -0.3 is 23.8 Å². The first-order valence-electron chi connectivity index (χ1n) is 13.3. The Morgan fingerprint density at radius 2 is 1.56 bits per heavy atom. The molecule has 2 amide bonds. The fourth-order valence-corrected chi connectivity index (χ4v) is 4.21. The van der Waals surface area contributed by atoms with Crippen molar-refractivity contribution in [1.82, 2.24) is 14.4 Å². The number of rotatable bonds is 19. The number of ether oxygens (including phenoxy) is 2. The summed E-state index contributed by atoms with van der Waals surface area (Å²) in [6.07, 6.45) is 8.69. The van der Waals surface area contributed by atoms with Crippen LogP contribution in [0.25, 0.3) is 0 Å². The summed E-state index contributed by atoms with van der Waals surface area (Å²) in [6.45, 7) is 5.49. The predicted molar refractivity (Wildman–Crippen MR) is 144 cm³/mol. The van der Waals surface area contributed by atoms with Gasteiger partial charge in [-0.05, 0) is 30.5 Å². The van der Waals surface area contributed by atoms with E-state index in [0.717, 1.165) is 31.5 Å². The maximum absolute atomic E-state index is 13.4. The largest absolute Gasteiger partial charge is 0.385 e. The average molecular weight is 500 g/mol. The number of carbonyl (C=O) groups excluding carboxylic acids is 2. The van der Waals surface area contributed by atoms with Crippen LogP contribution in [0.2, 0.25) is 0 Å². The minimum Gasteiger partial charge on any atom is -0.385 e. The summed E-state index contributed by atoms with van der Waals surface area (Å²) < 4.78 is 12.6. The molecule has 0 saturated carbocycles. The monoisotopic (exact) mass is 499 g/mol. The third kappa shape index (κ3) is 11.0. The molecule has 36 heavy (non-hydrogen) atoms. The first-order chi connectivity index (χ1) is 17.6. The van der Waals surface area contributed by atoms with Gasteiger partial charge in [0.25, 0.3) is 0 Å². The highest BCUT2D eigenvalue weighted by atomic mass is 16.5. The zero-order chi connectivity index (χ0) is 26.0. The van der Waals surface area contributed by atoms with E-state index in [1.165, 1.54) is 18.4 Å². The second-order valence-electron chi connectivity index (χ2n) is 9.25. The molecule has 2 aromatic rings. The molecule has 0 aliphatic carbocycles. The van der Waals surface area contributed by atoms with Gasteiger partial charge in [0.1, 0.15) is 0 Å². The van der Waals surface area contributed by atoms with Gasteiger partial charge in [0.15, 0.2) is 0 Å². The predicted octanol–water partition coefficient (Wildman–Crippen LogP) is 4.74. The van der Waals surface area contributed by atoms with Gasteiger partial charge in [0.05, 0.1) is 19.7 Å². The summed E-state index contributed by atoms with van der Waals surface area (Å²) in [5, 5.41) is 0. The van der Waals surface area contributed by atoms with Gasteiger partial charge in [-0.3, -0.25) is 9.59 Å². The Morgan fingerprint density at radius 3 is 2.28 bits per heavy atom. The number of methoxy groups -OCH3 is 2. The van der Waals surface area contributed by atoms with Crippen molar-refractivity contribution in [3.05, 3.63) is 59.9 Å². The van der Waals surface area contributed by atoms with Crippen molar-refractivity contribution < 1.29 is 19.1 Å². The summed E-state index contributed by atoms with van der Waals surface area (Å²) in [6, 6.07) is 14.3. The first-order valence-corrected chi connectivity index (χ1v) is 13.3. The molecule has 1 aromatic heterocycles. The van der Waals surface area contributed by atoms with Crippen molar-refractivity contribution in [3.63, 3.8) is 0 Å². The third-order valence-corrected chi connectivity index (χ3v) is 6.34. The van der Waals surface area contributed by atoms with Crippen LogP contribution in [-0.4, -0.2) is 73.2 Å². The minimum absolute atomic E-state index is 0.0510. The minimum atomic E-state index is -0.0590. The maximum Gasteiger partial charge on any atom is 0.242 e. The number of hydrogen-bond acceptors (Lipinski definition) is 4. The Morgan fingerprint density at radius 1 is 0.806 bits per heavy atom. The molecule has 0 fully saturated rings. The third-order valence-electron chi connectivity index (χ3n) is 6.34. The molecule has 7 heteroatoms. The zero-order valence-corrected chi connectivity index (χ0v) is 22.5. The van der Waals surface area contributed by atoms with Crippen LogP contribution < -0.4 is 0 Å². The molecule has 7 nitrogen and oxygen atoms in total. The van der Waals surface area contributed by atoms with Gasteiger partial charge in [-0.15, -0.1) is 0 Å². The van der Waals surface area contributed by atoms with Gasteiger partial charge in [0, 0.05) is 58.8 Å². The van der Waals surface area contributed by atoms with Crippen LogP contribution >= 0.6 is 0 Å². The molecule has 2 rings (SSSR count). The summed E-state index contributed by atoms with van der Waals surface area (Å²) in [5.74, 6) is -0.00800. The van der Waals surface area contributed by atoms with E-state index in [2.05, 4.69) is 23.6 Å². The highest BCUT2D eigenvalue weighted by Crippen LogP contribution is 2.13. The van der Waals surface area contributed by atoms with Gasteiger partial charge in [-0.1, -0.05) is 62.9 Å². The Balaban J connectivity index is 2.05. The van der Waals surface area contributed by atoms with Gasteiger partial charge in [-0.25, -0.2) is 0 Å². The topological polar surface area (TPSA) is 64.0 Å². The molecule has 1 heterocycles. The van der Waals surface area contributed by atoms with Crippen molar-refractivity contribution in [2.24, 2.45) is 0 Å². The van der Waals surface area contributed by atoms with Crippen molar-refractivity contribution in [2.45, 2.75) is 65.0 Å². The molecule has 0 N–H and O–H groups in total. The van der Waals surface area contributed by atoms with Crippen LogP contribution in [0.15, 0.2) is 48.7 Å². The summed E-state index contributed by atoms with van der Waals surface area (Å²) in [4.78, 5) is 30.0. The number of hydrogen-bond donors (Lipinski definition) is 0. The molecule has 0 aliphatic heterocycles. The number of amides is 2. The maximum atomic E-state index is 13.4. The Kier molecular flexibility index (Phi) is 14.6. The normalized spacial score (nSPS) is 11.0. The van der Waals surface area contributed by atoms with E-state index < -0.39 is 0 Å². The van der Waals surface area contributed by atoms with Crippen LogP contribution in [0.4, 0.5) is 0 Å². The van der Waals surface area contributed by atoms with Crippen molar-refractivity contribution in [2.75, 3.05) is 47.1 Å². The standard InChI is InChI=1S/C29H45N3O4/c1-4-5-6-7-11-17-28(33)31(19-13-21-35-2)25-29(34)32(20-22-36-3)24-27-16-12-18-30(27)23-26-14-9-8-10-15-26/h8-10,12,14-16,18H,4-7,11,13,17,19-25H2,1-3H3. The first kappa shape index (κ1) is 29.6. The lowest BCUT2D eigenvalue weighted by atomic mass is 10.1. The lowest BCUT2D eigenvalue weighted by Gasteiger charge is -2.28. The summed E-state index contributed by atoms with van der Waals surface area (Å²) >= 11 is 0. The number of nitrogens with zero attached hydrogens (tertiary/aromatic N) is 3. The van der Waals surface area contributed by atoms with E-state index in [0.29, 0.717) is 45.7 Å². The van der Waals surface area contributed by atoms with E-state index in [-0.39, 0.29) is 18.4 Å². The smallest absolute Gasteiger partial charge is 0.242 e. The molecule has 0 bridgehead atoms. The SMILES string of the molecule is CCCCCCCC(=O)N(CCCOC)CC(=O)N(CCOC)Cc1cccn1Cc1ccccc1. The van der Waals surface area contributed by atoms with Crippen molar-refractivity contribution >= 4 is 11.8 Å². The highest BCUT2D eigenvalue weighted by molar-refractivity contribution is 5.84. The molecular formula is C29H45N3O4. The lowest BCUT2D eigenvalue weighted by Crippen LogP contribution is -2.44. The van der Waals surface area contributed by atoms with Crippen molar-refractivity contribution in [3.8, 4) is 0 Å². The van der Waals surface area contributed by atoms with Crippen LogP contribution in [0.1, 0.15) is 63.1 Å². The second-order valence-corrected chi connectivity index (χ2v) is 9.25. The molecule has 0 atom stereocenters. The molecule has 1 aromatic carbocycles. The van der Waals surface area contributed by atoms with Gasteiger partial charge in [-0.2, -0.15) is 0 Å². The number of carbonyl (C=O) groups is 2. The molecule has 0 saturated heterocycles. The highest BCUT2D eigenvalue weighted by Gasteiger charge is 2.22. The fraction of sp³-hybridized carbons (Fsp3) is 0.586. The molecule has 0 aliphatic rings. The van der Waals surface area contributed by atoms with Crippen LogP contribution in [0, 0.1) is 0 Å². The Bertz CT molecular complexity index is 868. The van der Waals surface area contributed by atoms with Crippen LogP contribution in [0.3, 0.4) is 0 Å². The number of unbranched alkanes of at least 4 members (excludes halogenated alkanes) is 4. The number of aromatic nitrogens is 1. The number of benzene rings is 1. The average Bonchev–Trinajstić information content (AvgIpc) is 3.32. The molecule has 0 radical (unpaired) electrons. The van der Waals surface area contributed by atoms with E-state index in [4.69, 9.17) is 9.47 Å². The lowest BCUT2D eigenvalue weighted by molar-refractivity contribution is -0.141. The Labute approximate surface area is 217 Å². The fourth-order valence-electron chi connectivity index (χ4n) is 4.21. The molecule has 0 unspecified atom stereocenters. The zero-order valence-electron chi connectivity index (χ0n) is 22.5. The molecule has 200 valence electrons. The van der Waals surface area contributed by atoms with Crippen LogP contribution in [0.5, 0.6) is 0 Å². The van der Waals surface area contributed by atoms with Crippen LogP contribution in [-0.2, 0) is 32.2 Å². The summed E-state index contributed by atoms with van der Waals surface area (Å²) in [5.41, 5.74) is 2.26. The molecule has 0 spiro atoms. The van der Waals surface area contributed by atoms with Gasteiger partial charge >= 0.3 is 0 Å². The second kappa shape index (κ2) is 17.7. The van der Waals surface area contributed by atoms with Gasteiger partial charge in [0.2, 0.25) is 11.8 Å². The van der Waals surface area contributed by atoms with Crippen molar-refractivity contribution in [1.29, 1.82) is 0 Å². The van der Waals surface area contributed by atoms with E-state index in [9.17, 15) is 9.59 Å². The Hall–Kier alpha value is -2.64. The van der Waals surface area contributed by atoms with E-state index in [1.807, 2.05) is 36.5 Å². The summed E-state index contributed by atoms with van der Waals surface area (Å²) in [7, 11) is 3.29. The van der Waals surface area contributed by atoms with E-state index in [1.54, 1.807) is 24.0 Å². The quantitative estimate of drug-likeness (QED) is 0.262. The van der Waals surface area contributed by atoms with E-state index >= 15 is 0 Å². The molecular weight excluding hydrogens is 454 g/mol.